The Bertz CT molecular complexity index is 771. The number of halogens is 1. The van der Waals surface area contributed by atoms with Crippen LogP contribution in [0.5, 0.6) is 0 Å². The van der Waals surface area contributed by atoms with Gasteiger partial charge in [-0.15, -0.1) is 12.4 Å². The fraction of sp³-hybridized carbons (Fsp3) is 0.692. The van der Waals surface area contributed by atoms with Crippen molar-refractivity contribution in [2.75, 3.05) is 13.1 Å². The lowest BCUT2D eigenvalue weighted by molar-refractivity contribution is 0.221. The Labute approximate surface area is 147 Å². The molecule has 132 valence electrons. The molecular formula is C13H21ClN2O4S3. The summed E-state index contributed by atoms with van der Waals surface area (Å²) in [5, 5.41) is 4.85. The van der Waals surface area contributed by atoms with E-state index in [1.165, 1.54) is 0 Å². The van der Waals surface area contributed by atoms with Crippen molar-refractivity contribution in [3.63, 3.8) is 0 Å². The van der Waals surface area contributed by atoms with Crippen molar-refractivity contribution < 1.29 is 16.8 Å². The minimum absolute atomic E-state index is 0. The van der Waals surface area contributed by atoms with E-state index in [1.54, 1.807) is 6.08 Å². The maximum atomic E-state index is 12.6. The lowest BCUT2D eigenvalue weighted by Crippen LogP contribution is -2.41. The summed E-state index contributed by atoms with van der Waals surface area (Å²) in [5.74, 6) is 0.415. The molecule has 2 N–H and O–H groups in total. The van der Waals surface area contributed by atoms with Crippen LogP contribution in [0.1, 0.15) is 26.7 Å². The fourth-order valence-corrected chi connectivity index (χ4v) is 8.13. The molecule has 4 heterocycles. The van der Waals surface area contributed by atoms with E-state index in [2.05, 4.69) is 18.7 Å². The molecule has 4 aliphatic rings. The summed E-state index contributed by atoms with van der Waals surface area (Å²) < 4.78 is 48.9. The molecule has 0 aliphatic carbocycles. The Morgan fingerprint density at radius 2 is 2.09 bits per heavy atom. The quantitative estimate of drug-likeness (QED) is 0.769. The number of sulfone groups is 1. The average Bonchev–Trinajstić information content (AvgIpc) is 2.47. The summed E-state index contributed by atoms with van der Waals surface area (Å²) in [6.45, 7) is 5.58. The van der Waals surface area contributed by atoms with Crippen LogP contribution in [0, 0.1) is 5.92 Å². The highest BCUT2D eigenvalue weighted by Crippen LogP contribution is 2.49. The molecule has 23 heavy (non-hydrogen) atoms. The van der Waals surface area contributed by atoms with Gasteiger partial charge in [-0.3, -0.25) is 4.90 Å². The molecule has 6 nitrogen and oxygen atoms in total. The molecule has 0 amide bonds. The van der Waals surface area contributed by atoms with Crippen LogP contribution in [0.25, 0.3) is 0 Å². The van der Waals surface area contributed by atoms with Crippen LogP contribution in [0.4, 0.5) is 0 Å². The second-order valence-electron chi connectivity index (χ2n) is 6.52. The van der Waals surface area contributed by atoms with Gasteiger partial charge in [0, 0.05) is 19.1 Å². The van der Waals surface area contributed by atoms with Gasteiger partial charge in [0.05, 0.1) is 5.25 Å². The molecule has 4 bridgehead atoms. The first kappa shape index (κ1) is 19.3. The minimum Gasteiger partial charge on any atom is -0.293 e. The highest BCUT2D eigenvalue weighted by atomic mass is 35.5. The van der Waals surface area contributed by atoms with Gasteiger partial charge in [-0.25, -0.2) is 22.0 Å². The minimum atomic E-state index is -3.92. The third kappa shape index (κ3) is 3.50. The van der Waals surface area contributed by atoms with Crippen LogP contribution >= 0.6 is 24.2 Å². The van der Waals surface area contributed by atoms with E-state index < -0.39 is 25.1 Å². The number of hydrogen-bond acceptors (Lipinski definition) is 6. The number of nitrogens with zero attached hydrogens (tertiary/aromatic N) is 1. The largest absolute Gasteiger partial charge is 0.293 e. The topological polar surface area (TPSA) is 97.5 Å². The normalized spacial score (nSPS) is 32.3. The monoisotopic (exact) mass is 400 g/mol. The van der Waals surface area contributed by atoms with Gasteiger partial charge < -0.3 is 0 Å². The Kier molecular flexibility index (Phi) is 5.31. The fourth-order valence-electron chi connectivity index (χ4n) is 3.35. The molecule has 0 aromatic heterocycles. The van der Waals surface area contributed by atoms with E-state index in [1.807, 2.05) is 0 Å². The van der Waals surface area contributed by atoms with Gasteiger partial charge in [0.25, 0.3) is 0 Å². The predicted octanol–water partition coefficient (Wildman–Crippen LogP) is 1.41. The number of primary sulfonamides is 1. The number of rotatable bonds is 3. The van der Waals surface area contributed by atoms with Crippen LogP contribution in [-0.4, -0.2) is 46.1 Å². The van der Waals surface area contributed by atoms with Gasteiger partial charge in [-0.1, -0.05) is 25.6 Å². The molecule has 0 aromatic rings. The summed E-state index contributed by atoms with van der Waals surface area (Å²) in [6.07, 6.45) is 2.59. The van der Waals surface area contributed by atoms with E-state index in [-0.39, 0.29) is 26.9 Å². The maximum Gasteiger partial charge on any atom is 0.244 e. The number of fused-ring (bicyclic) bond motifs is 2. The Hall–Kier alpha value is -0.0600. The van der Waals surface area contributed by atoms with E-state index >= 15 is 0 Å². The maximum absolute atomic E-state index is 12.6. The summed E-state index contributed by atoms with van der Waals surface area (Å²) in [7, 11) is -7.33. The van der Waals surface area contributed by atoms with Crippen molar-refractivity contribution >= 4 is 44.0 Å². The number of hydrogen-bond donors (Lipinski definition) is 1. The molecule has 4 rings (SSSR count). The third-order valence-electron chi connectivity index (χ3n) is 4.23. The van der Waals surface area contributed by atoms with Crippen molar-refractivity contribution in [3.05, 3.63) is 20.1 Å². The highest BCUT2D eigenvalue weighted by molar-refractivity contribution is 8.27. The molecule has 10 heteroatoms. The average molecular weight is 401 g/mol. The SMILES string of the molecule is CC(C)CN1CC2=C3S/C(S(N)(=O)=O)=C\C1CC(C2)S3(=O)=O.Cl. The summed E-state index contributed by atoms with van der Waals surface area (Å²) in [5.41, 5.74) is 0.840. The van der Waals surface area contributed by atoms with Crippen LogP contribution < -0.4 is 5.14 Å². The third-order valence-corrected chi connectivity index (χ3v) is 9.67. The molecule has 2 unspecified atom stereocenters. The standard InChI is InChI=1S/C13H20N2O4S3.ClH/c1-8(2)6-15-7-9-3-11-4-10(15)5-12(22(14,18)19)20-13(9)21(11,16)17;/h5,8,10-11H,3-4,6-7H2,1-2H3,(H2,14,18,19);1H/b12-5+;. The van der Waals surface area contributed by atoms with Gasteiger partial charge >= 0.3 is 0 Å². The van der Waals surface area contributed by atoms with E-state index in [0.29, 0.717) is 25.3 Å². The van der Waals surface area contributed by atoms with Gasteiger partial charge in [0.1, 0.15) is 8.47 Å². The van der Waals surface area contributed by atoms with Crippen molar-refractivity contribution in [2.45, 2.75) is 38.0 Å². The van der Waals surface area contributed by atoms with Gasteiger partial charge in [0.15, 0.2) is 9.84 Å². The molecule has 0 radical (unpaired) electrons. The lowest BCUT2D eigenvalue weighted by Gasteiger charge is -2.34. The Morgan fingerprint density at radius 1 is 1.43 bits per heavy atom. The van der Waals surface area contributed by atoms with Crippen molar-refractivity contribution in [1.82, 2.24) is 4.90 Å². The van der Waals surface area contributed by atoms with Gasteiger partial charge in [-0.2, -0.15) is 0 Å². The van der Waals surface area contributed by atoms with Crippen LogP contribution in [0.15, 0.2) is 20.1 Å². The molecule has 0 spiro atoms. The van der Waals surface area contributed by atoms with E-state index in [0.717, 1.165) is 23.9 Å². The Balaban J connectivity index is 0.00000192. The molecule has 1 saturated heterocycles. The zero-order chi connectivity index (χ0) is 16.3. The predicted molar refractivity (Wildman–Crippen MR) is 95.2 cm³/mol. The van der Waals surface area contributed by atoms with Crippen molar-refractivity contribution in [3.8, 4) is 0 Å². The zero-order valence-corrected chi connectivity index (χ0v) is 16.2. The van der Waals surface area contributed by atoms with E-state index in [4.69, 9.17) is 5.14 Å². The number of sulfonamides is 1. The summed E-state index contributed by atoms with van der Waals surface area (Å²) in [6, 6.07) is -0.206. The summed E-state index contributed by atoms with van der Waals surface area (Å²) in [4.78, 5) is 2.18. The first-order valence-corrected chi connectivity index (χ1v) is 11.1. The Morgan fingerprint density at radius 3 is 2.65 bits per heavy atom. The molecule has 0 saturated carbocycles. The number of nitrogens with two attached hydrogens (primary N) is 1. The molecule has 0 aromatic carbocycles. The van der Waals surface area contributed by atoms with Crippen molar-refractivity contribution in [2.24, 2.45) is 11.1 Å². The highest BCUT2D eigenvalue weighted by Gasteiger charge is 2.47. The van der Waals surface area contributed by atoms with Gasteiger partial charge in [-0.05, 0) is 30.4 Å². The number of thioether (sulfide) groups is 1. The smallest absolute Gasteiger partial charge is 0.244 e. The lowest BCUT2D eigenvalue weighted by atomic mass is 10.1. The zero-order valence-electron chi connectivity index (χ0n) is 12.9. The first-order chi connectivity index (χ1) is 10.1. The molecule has 4 aliphatic heterocycles. The molecular weight excluding hydrogens is 380 g/mol. The second kappa shape index (κ2) is 6.34. The van der Waals surface area contributed by atoms with Crippen LogP contribution in [0.3, 0.4) is 0 Å². The molecule has 2 atom stereocenters. The van der Waals surface area contributed by atoms with E-state index in [9.17, 15) is 16.8 Å². The van der Waals surface area contributed by atoms with Crippen LogP contribution in [0.2, 0.25) is 0 Å². The van der Waals surface area contributed by atoms with Crippen LogP contribution in [-0.2, 0) is 19.9 Å². The molecule has 1 fully saturated rings. The first-order valence-electron chi connectivity index (χ1n) is 7.21. The van der Waals surface area contributed by atoms with Crippen molar-refractivity contribution in [1.29, 1.82) is 0 Å². The van der Waals surface area contributed by atoms with Gasteiger partial charge in [0.2, 0.25) is 10.0 Å². The summed E-state index contributed by atoms with van der Waals surface area (Å²) >= 11 is 0.818. The second-order valence-corrected chi connectivity index (χ2v) is 11.8.